The smallest absolute Gasteiger partial charge is 0.169 e. The summed E-state index contributed by atoms with van der Waals surface area (Å²) in [7, 11) is 2.00. The third-order valence-electron chi connectivity index (χ3n) is 5.90. The minimum atomic E-state index is -0.00558. The van der Waals surface area contributed by atoms with Crippen LogP contribution in [0.2, 0.25) is 0 Å². The minimum Gasteiger partial charge on any atom is -0.378 e. The monoisotopic (exact) mass is 428 g/mol. The van der Waals surface area contributed by atoms with Gasteiger partial charge in [0.2, 0.25) is 0 Å². The van der Waals surface area contributed by atoms with Crippen molar-refractivity contribution in [1.82, 2.24) is 24.7 Å². The van der Waals surface area contributed by atoms with Gasteiger partial charge in [-0.3, -0.25) is 4.79 Å². The van der Waals surface area contributed by atoms with Gasteiger partial charge in [0.1, 0.15) is 11.6 Å². The van der Waals surface area contributed by atoms with Crippen LogP contribution in [0.3, 0.4) is 0 Å². The van der Waals surface area contributed by atoms with Gasteiger partial charge in [0.25, 0.3) is 0 Å². The first-order chi connectivity index (χ1) is 15.6. The lowest BCUT2D eigenvalue weighted by molar-refractivity contribution is 0.0991. The fraction of sp³-hybridized carbons (Fsp3) is 0.292. The van der Waals surface area contributed by atoms with E-state index in [1.54, 1.807) is 12.3 Å². The van der Waals surface area contributed by atoms with E-state index < -0.39 is 0 Å². The van der Waals surface area contributed by atoms with E-state index in [4.69, 9.17) is 4.74 Å². The normalized spacial score (nSPS) is 14.1. The van der Waals surface area contributed by atoms with Gasteiger partial charge in [-0.05, 0) is 37.3 Å². The molecule has 1 aromatic carbocycles. The Bertz CT molecular complexity index is 1290. The molecule has 0 saturated carbocycles. The van der Waals surface area contributed by atoms with Crippen molar-refractivity contribution in [2.24, 2.45) is 7.05 Å². The average molecular weight is 428 g/mol. The number of Topliss-reactive ketones (excluding diaryl/α,β-unsaturated/α-hetero) is 1. The van der Waals surface area contributed by atoms with Crippen molar-refractivity contribution in [2.45, 2.75) is 13.3 Å². The number of rotatable bonds is 5. The lowest BCUT2D eigenvalue weighted by Crippen LogP contribution is -2.36. The first kappa shape index (κ1) is 20.3. The van der Waals surface area contributed by atoms with Crippen molar-refractivity contribution in [3.05, 3.63) is 65.9 Å². The highest BCUT2D eigenvalue weighted by Crippen LogP contribution is 2.24. The number of hydrogen-bond acceptors (Lipinski definition) is 7. The number of fused-ring (bicyclic) bond motifs is 1. The SMILES string of the molecule is Cc1ncc(-c2ccc3nnc(CC(=O)c4ccnc(N5CCOCC5)c4)cc3c2)n1C. The average Bonchev–Trinajstić information content (AvgIpc) is 3.17. The first-order valence-electron chi connectivity index (χ1n) is 10.7. The van der Waals surface area contributed by atoms with Crippen LogP contribution < -0.4 is 4.90 Å². The molecular weight excluding hydrogens is 404 g/mol. The van der Waals surface area contributed by atoms with Gasteiger partial charge in [-0.25, -0.2) is 9.97 Å². The van der Waals surface area contributed by atoms with Crippen molar-refractivity contribution in [3.63, 3.8) is 0 Å². The predicted octanol–water partition coefficient (Wildman–Crippen LogP) is 3.00. The number of ether oxygens (including phenoxy) is 1. The Balaban J connectivity index is 1.39. The molecule has 0 bridgehead atoms. The molecule has 8 nitrogen and oxygen atoms in total. The highest BCUT2D eigenvalue weighted by atomic mass is 16.5. The van der Waals surface area contributed by atoms with Crippen molar-refractivity contribution in [2.75, 3.05) is 31.2 Å². The Kier molecular flexibility index (Phi) is 5.36. The van der Waals surface area contributed by atoms with Gasteiger partial charge >= 0.3 is 0 Å². The van der Waals surface area contributed by atoms with Crippen LogP contribution >= 0.6 is 0 Å². The number of ketones is 1. The summed E-state index contributed by atoms with van der Waals surface area (Å²) in [5.41, 5.74) is 4.15. The Morgan fingerprint density at radius 3 is 2.69 bits per heavy atom. The van der Waals surface area contributed by atoms with Crippen LogP contribution in [0.25, 0.3) is 22.2 Å². The second-order valence-corrected chi connectivity index (χ2v) is 7.96. The molecule has 1 fully saturated rings. The highest BCUT2D eigenvalue weighted by molar-refractivity contribution is 5.98. The molecule has 1 aliphatic rings. The van der Waals surface area contributed by atoms with Gasteiger partial charge in [0.05, 0.1) is 42.7 Å². The van der Waals surface area contributed by atoms with Crippen LogP contribution in [0.1, 0.15) is 21.9 Å². The molecule has 0 amide bonds. The second-order valence-electron chi connectivity index (χ2n) is 7.96. The van der Waals surface area contributed by atoms with Crippen LogP contribution in [0, 0.1) is 6.92 Å². The molecule has 162 valence electrons. The number of morpholine rings is 1. The molecule has 32 heavy (non-hydrogen) atoms. The van der Waals surface area contributed by atoms with E-state index in [1.165, 1.54) is 0 Å². The molecule has 1 saturated heterocycles. The molecule has 0 unspecified atom stereocenters. The van der Waals surface area contributed by atoms with E-state index in [0.29, 0.717) is 24.5 Å². The Labute approximate surface area is 185 Å². The molecular formula is C24H24N6O2. The van der Waals surface area contributed by atoms with Crippen LogP contribution in [0.5, 0.6) is 0 Å². The van der Waals surface area contributed by atoms with E-state index in [2.05, 4.69) is 35.7 Å². The summed E-state index contributed by atoms with van der Waals surface area (Å²) in [6.07, 6.45) is 3.74. The zero-order chi connectivity index (χ0) is 22.1. The van der Waals surface area contributed by atoms with E-state index in [9.17, 15) is 4.79 Å². The van der Waals surface area contributed by atoms with E-state index in [-0.39, 0.29) is 12.2 Å². The number of benzene rings is 1. The number of pyridine rings is 1. The number of anilines is 1. The molecule has 4 heterocycles. The molecule has 0 aliphatic carbocycles. The number of aryl methyl sites for hydroxylation is 1. The number of imidazole rings is 1. The largest absolute Gasteiger partial charge is 0.378 e. The molecule has 0 N–H and O–H groups in total. The lowest BCUT2D eigenvalue weighted by Gasteiger charge is -2.27. The quantitative estimate of drug-likeness (QED) is 0.452. The van der Waals surface area contributed by atoms with Gasteiger partial charge in [-0.1, -0.05) is 6.07 Å². The summed E-state index contributed by atoms with van der Waals surface area (Å²) in [6, 6.07) is 11.6. The summed E-state index contributed by atoms with van der Waals surface area (Å²) in [4.78, 5) is 23.9. The fourth-order valence-electron chi connectivity index (χ4n) is 3.93. The number of aromatic nitrogens is 5. The van der Waals surface area contributed by atoms with Gasteiger partial charge in [0.15, 0.2) is 5.78 Å². The fourth-order valence-corrected chi connectivity index (χ4v) is 3.93. The highest BCUT2D eigenvalue weighted by Gasteiger charge is 2.16. The van der Waals surface area contributed by atoms with Gasteiger partial charge in [0, 0.05) is 42.8 Å². The van der Waals surface area contributed by atoms with Crippen LogP contribution in [-0.2, 0) is 18.2 Å². The first-order valence-corrected chi connectivity index (χ1v) is 10.7. The Hall–Kier alpha value is -3.65. The maximum atomic E-state index is 13.0. The van der Waals surface area contributed by atoms with Gasteiger partial charge < -0.3 is 14.2 Å². The summed E-state index contributed by atoms with van der Waals surface area (Å²) in [6.45, 7) is 4.88. The number of carbonyl (C=O) groups excluding carboxylic acids is 1. The third-order valence-corrected chi connectivity index (χ3v) is 5.90. The number of carbonyl (C=O) groups is 1. The van der Waals surface area contributed by atoms with Crippen molar-refractivity contribution in [3.8, 4) is 11.3 Å². The summed E-state index contributed by atoms with van der Waals surface area (Å²) in [5, 5.41) is 9.55. The van der Waals surface area contributed by atoms with E-state index in [1.807, 2.05) is 44.4 Å². The molecule has 0 spiro atoms. The summed E-state index contributed by atoms with van der Waals surface area (Å²) in [5.74, 6) is 1.75. The van der Waals surface area contributed by atoms with E-state index >= 15 is 0 Å². The number of nitrogens with zero attached hydrogens (tertiary/aromatic N) is 6. The molecule has 3 aromatic heterocycles. The van der Waals surface area contributed by atoms with Crippen molar-refractivity contribution in [1.29, 1.82) is 0 Å². The lowest BCUT2D eigenvalue weighted by atomic mass is 10.0. The number of hydrogen-bond donors (Lipinski definition) is 0. The van der Waals surface area contributed by atoms with E-state index in [0.717, 1.165) is 46.9 Å². The second kappa shape index (κ2) is 8.47. The zero-order valence-corrected chi connectivity index (χ0v) is 18.2. The Morgan fingerprint density at radius 1 is 1.06 bits per heavy atom. The topological polar surface area (TPSA) is 86.0 Å². The maximum absolute atomic E-state index is 13.0. The molecule has 5 rings (SSSR count). The molecule has 4 aromatic rings. The standard InChI is InChI=1S/C24H24N6O2/c1-16-26-15-22(29(16)2)17-3-4-21-19(11-17)12-20(27-28-21)14-23(31)18-5-6-25-24(13-18)30-7-9-32-10-8-30/h3-6,11-13,15H,7-10,14H2,1-2H3. The van der Waals surface area contributed by atoms with Crippen molar-refractivity contribution >= 4 is 22.5 Å². The minimum absolute atomic E-state index is 0.00558. The maximum Gasteiger partial charge on any atom is 0.169 e. The predicted molar refractivity (Wildman–Crippen MR) is 122 cm³/mol. The third kappa shape index (κ3) is 3.97. The molecule has 8 heteroatoms. The Morgan fingerprint density at radius 2 is 1.91 bits per heavy atom. The van der Waals surface area contributed by atoms with Gasteiger partial charge in [-0.2, -0.15) is 10.2 Å². The van der Waals surface area contributed by atoms with Crippen LogP contribution in [0.15, 0.2) is 48.8 Å². The zero-order valence-electron chi connectivity index (χ0n) is 18.2. The van der Waals surface area contributed by atoms with Crippen LogP contribution in [0.4, 0.5) is 5.82 Å². The summed E-state index contributed by atoms with van der Waals surface area (Å²) < 4.78 is 7.45. The molecule has 0 radical (unpaired) electrons. The molecule has 0 atom stereocenters. The van der Waals surface area contributed by atoms with Crippen LogP contribution in [-0.4, -0.2) is 56.8 Å². The van der Waals surface area contributed by atoms with Gasteiger partial charge in [-0.15, -0.1) is 0 Å². The van der Waals surface area contributed by atoms with Crippen molar-refractivity contribution < 1.29 is 9.53 Å². The summed E-state index contributed by atoms with van der Waals surface area (Å²) >= 11 is 0. The molecule has 1 aliphatic heterocycles.